The van der Waals surface area contributed by atoms with Gasteiger partial charge in [0, 0.05) is 13.0 Å². The van der Waals surface area contributed by atoms with Crippen molar-refractivity contribution in [1.82, 2.24) is 0 Å². The molecule has 1 fully saturated rings. The molecule has 2 rings (SSSR count). The van der Waals surface area contributed by atoms with Gasteiger partial charge >= 0.3 is 5.72 Å². The van der Waals surface area contributed by atoms with Gasteiger partial charge in [0.2, 0.25) is 0 Å². The van der Waals surface area contributed by atoms with E-state index in [-0.39, 0.29) is 5.56 Å². The second-order valence-electron chi connectivity index (χ2n) is 6.48. The quantitative estimate of drug-likeness (QED) is 0.536. The van der Waals surface area contributed by atoms with Gasteiger partial charge < -0.3 is 25.8 Å². The summed E-state index contributed by atoms with van der Waals surface area (Å²) in [6.45, 7) is 5.45. The van der Waals surface area contributed by atoms with Crippen LogP contribution in [0.25, 0.3) is 0 Å². The molecule has 5 N–H and O–H groups in total. The van der Waals surface area contributed by atoms with Gasteiger partial charge in [-0.05, 0) is 26.8 Å². The lowest BCUT2D eigenvalue weighted by molar-refractivity contribution is -0.818. The third kappa shape index (κ3) is 1.90. The van der Waals surface area contributed by atoms with Crippen LogP contribution in [0.15, 0.2) is 24.5 Å². The first-order valence-electron chi connectivity index (χ1n) is 7.00. The molecular formula is C15H23N2O5+. The van der Waals surface area contributed by atoms with Crippen molar-refractivity contribution >= 4 is 5.91 Å². The number of pyridine rings is 1. The highest BCUT2D eigenvalue weighted by Gasteiger charge is 2.76. The largest absolute Gasteiger partial charge is 0.393 e. The number of carbonyl (C=O) groups excluding carboxylic acids is 1. The number of hydrogen-bond donors (Lipinski definition) is 4. The number of ether oxygens (including phenoxy) is 1. The van der Waals surface area contributed by atoms with E-state index in [1.54, 1.807) is 19.2 Å². The molecule has 0 aliphatic carbocycles. The van der Waals surface area contributed by atoms with Gasteiger partial charge in [-0.3, -0.25) is 4.79 Å². The number of rotatable bonds is 3. The minimum absolute atomic E-state index is 0.236. The molecule has 1 amide bonds. The fourth-order valence-electron chi connectivity index (χ4n) is 2.98. The van der Waals surface area contributed by atoms with Gasteiger partial charge in [0.1, 0.15) is 16.8 Å². The lowest BCUT2D eigenvalue weighted by atomic mass is 9.73. The second-order valence-corrected chi connectivity index (χ2v) is 6.48. The van der Waals surface area contributed by atoms with Gasteiger partial charge in [-0.15, -0.1) is 0 Å². The highest BCUT2D eigenvalue weighted by molar-refractivity contribution is 5.92. The summed E-state index contributed by atoms with van der Waals surface area (Å²) in [6, 6.07) is 3.13. The number of nitrogens with two attached hydrogens (primary N) is 1. The van der Waals surface area contributed by atoms with Crippen LogP contribution in [0.2, 0.25) is 0 Å². The maximum atomic E-state index is 11.4. The zero-order chi connectivity index (χ0) is 17.0. The van der Waals surface area contributed by atoms with Crippen LogP contribution in [0, 0.1) is 0 Å². The zero-order valence-electron chi connectivity index (χ0n) is 13.2. The molecule has 2 heterocycles. The number of hydrogen-bond acceptors (Lipinski definition) is 5. The summed E-state index contributed by atoms with van der Waals surface area (Å²) in [5.74, 6) is -0.618. The van der Waals surface area contributed by atoms with Crippen LogP contribution in [0.5, 0.6) is 0 Å². The van der Waals surface area contributed by atoms with Crippen molar-refractivity contribution in [3.05, 3.63) is 30.1 Å². The number of aromatic nitrogens is 1. The molecule has 1 aromatic heterocycles. The van der Waals surface area contributed by atoms with Gasteiger partial charge in [-0.1, -0.05) is 0 Å². The average Bonchev–Trinajstić information content (AvgIpc) is 2.56. The maximum Gasteiger partial charge on any atom is 0.301 e. The molecule has 7 heteroatoms. The van der Waals surface area contributed by atoms with Crippen LogP contribution < -0.4 is 10.3 Å². The SMILES string of the molecule is CC1(O)[C@](C)([n+]2cccc(C(N)=O)c2)O[C@](C)(CO)[C@]1(C)O. The summed E-state index contributed by atoms with van der Waals surface area (Å²) in [5, 5.41) is 31.4. The number of primary amides is 1. The lowest BCUT2D eigenvalue weighted by Crippen LogP contribution is -2.69. The molecule has 22 heavy (non-hydrogen) atoms. The van der Waals surface area contributed by atoms with Crippen molar-refractivity contribution in [1.29, 1.82) is 0 Å². The number of aliphatic hydroxyl groups is 3. The van der Waals surface area contributed by atoms with Crippen molar-refractivity contribution in [2.24, 2.45) is 5.73 Å². The first kappa shape index (κ1) is 16.8. The summed E-state index contributed by atoms with van der Waals surface area (Å²) in [6.07, 6.45) is 3.04. The van der Waals surface area contributed by atoms with Crippen molar-refractivity contribution in [2.45, 2.75) is 50.2 Å². The Labute approximate surface area is 129 Å². The molecule has 1 aromatic rings. The first-order chi connectivity index (χ1) is 9.93. The maximum absolute atomic E-state index is 11.4. The minimum Gasteiger partial charge on any atom is -0.393 e. The summed E-state index contributed by atoms with van der Waals surface area (Å²) in [4.78, 5) is 11.4. The number of carbonyl (C=O) groups is 1. The number of amides is 1. The van der Waals surface area contributed by atoms with Gasteiger partial charge in [0.15, 0.2) is 18.0 Å². The number of nitrogens with zero attached hydrogens (tertiary/aromatic N) is 1. The summed E-state index contributed by atoms with van der Waals surface area (Å²) in [5.41, 5.74) is -0.777. The monoisotopic (exact) mass is 311 g/mol. The van der Waals surface area contributed by atoms with E-state index in [4.69, 9.17) is 10.5 Å². The smallest absolute Gasteiger partial charge is 0.301 e. The Bertz CT molecular complexity index is 616. The minimum atomic E-state index is -1.75. The predicted molar refractivity (Wildman–Crippen MR) is 76.6 cm³/mol. The van der Waals surface area contributed by atoms with Crippen LogP contribution in [-0.4, -0.2) is 44.6 Å². The summed E-state index contributed by atoms with van der Waals surface area (Å²) in [7, 11) is 0. The predicted octanol–water partition coefficient (Wildman–Crippen LogP) is -0.971. The standard InChI is InChI=1S/C15H22N2O5/c1-12(9-18)13(2,20)14(3,21)15(4,22-12)17-7-5-6-10(8-17)11(16)19/h5-8,18,20-21H,9H2,1-4H3,(H-,16,19)/p+1/t12-,13+,14?,15-/m1/s1. The van der Waals surface area contributed by atoms with E-state index in [0.29, 0.717) is 0 Å². The number of aliphatic hydroxyl groups excluding tert-OH is 1. The topological polar surface area (TPSA) is 117 Å². The molecule has 0 aromatic carbocycles. The molecule has 1 aliphatic rings. The highest BCUT2D eigenvalue weighted by atomic mass is 16.6. The second kappa shape index (κ2) is 4.73. The first-order valence-corrected chi connectivity index (χ1v) is 7.00. The molecule has 1 saturated heterocycles. The van der Waals surface area contributed by atoms with E-state index in [2.05, 4.69) is 0 Å². The van der Waals surface area contributed by atoms with Crippen LogP contribution >= 0.6 is 0 Å². The molecule has 4 atom stereocenters. The van der Waals surface area contributed by atoms with Gasteiger partial charge in [-0.25, -0.2) is 0 Å². The fourth-order valence-corrected chi connectivity index (χ4v) is 2.98. The van der Waals surface area contributed by atoms with Crippen molar-refractivity contribution in [3.8, 4) is 0 Å². The van der Waals surface area contributed by atoms with E-state index in [1.807, 2.05) is 0 Å². The van der Waals surface area contributed by atoms with E-state index >= 15 is 0 Å². The Hall–Kier alpha value is -1.54. The molecule has 1 aliphatic heterocycles. The Morgan fingerprint density at radius 1 is 1.27 bits per heavy atom. The van der Waals surface area contributed by atoms with E-state index < -0.39 is 35.0 Å². The molecule has 0 saturated carbocycles. The molecule has 122 valence electrons. The van der Waals surface area contributed by atoms with Crippen LogP contribution in [0.3, 0.4) is 0 Å². The summed E-state index contributed by atoms with van der Waals surface area (Å²) >= 11 is 0. The summed E-state index contributed by atoms with van der Waals surface area (Å²) < 4.78 is 7.37. The molecule has 7 nitrogen and oxygen atoms in total. The van der Waals surface area contributed by atoms with Gasteiger partial charge in [-0.2, -0.15) is 4.57 Å². The Morgan fingerprint density at radius 2 is 1.86 bits per heavy atom. The molecule has 1 unspecified atom stereocenters. The third-order valence-corrected chi connectivity index (χ3v) is 5.18. The third-order valence-electron chi connectivity index (χ3n) is 5.18. The van der Waals surface area contributed by atoms with Crippen LogP contribution in [0.1, 0.15) is 38.1 Å². The Kier molecular flexibility index (Phi) is 3.61. The molecule has 0 radical (unpaired) electrons. The Morgan fingerprint density at radius 3 is 2.32 bits per heavy atom. The zero-order valence-corrected chi connectivity index (χ0v) is 13.2. The van der Waals surface area contributed by atoms with Crippen molar-refractivity contribution in [2.75, 3.05) is 6.61 Å². The van der Waals surface area contributed by atoms with Crippen LogP contribution in [0.4, 0.5) is 0 Å². The highest BCUT2D eigenvalue weighted by Crippen LogP contribution is 2.52. The molecule has 0 spiro atoms. The Balaban J connectivity index is 2.64. The van der Waals surface area contributed by atoms with E-state index in [0.717, 1.165) is 0 Å². The fraction of sp³-hybridized carbons (Fsp3) is 0.600. The van der Waals surface area contributed by atoms with Crippen LogP contribution in [-0.2, 0) is 10.5 Å². The van der Waals surface area contributed by atoms with Crippen molar-refractivity contribution < 1.29 is 29.4 Å². The van der Waals surface area contributed by atoms with E-state index in [9.17, 15) is 20.1 Å². The molecule has 0 bridgehead atoms. The van der Waals surface area contributed by atoms with Gasteiger partial charge in [0.25, 0.3) is 5.91 Å². The normalized spacial score (nSPS) is 41.6. The average molecular weight is 311 g/mol. The van der Waals surface area contributed by atoms with Gasteiger partial charge in [0.05, 0.1) is 6.61 Å². The van der Waals surface area contributed by atoms with E-state index in [1.165, 1.54) is 37.6 Å². The lowest BCUT2D eigenvalue weighted by Gasteiger charge is -2.39. The van der Waals surface area contributed by atoms with Crippen molar-refractivity contribution in [3.63, 3.8) is 0 Å². The molecular weight excluding hydrogens is 288 g/mol.